The topological polar surface area (TPSA) is 83.3 Å². The molecule has 1 aromatic rings. The Bertz CT molecular complexity index is 738. The summed E-state index contributed by atoms with van der Waals surface area (Å²) in [6.45, 7) is 0. The third kappa shape index (κ3) is 4.10. The van der Waals surface area contributed by atoms with Gasteiger partial charge in [-0.05, 0) is 12.1 Å². The van der Waals surface area contributed by atoms with Crippen molar-refractivity contribution in [2.45, 2.75) is 6.42 Å². The van der Waals surface area contributed by atoms with Crippen LogP contribution in [0.5, 0.6) is 5.75 Å². The zero-order valence-electron chi connectivity index (χ0n) is 14.6. The van der Waals surface area contributed by atoms with Gasteiger partial charge in [-0.25, -0.2) is 4.79 Å². The van der Waals surface area contributed by atoms with Crippen molar-refractivity contribution >= 4 is 23.2 Å². The van der Waals surface area contributed by atoms with E-state index in [2.05, 4.69) is 5.48 Å². The van der Waals surface area contributed by atoms with E-state index in [0.717, 1.165) is 0 Å². The van der Waals surface area contributed by atoms with Crippen LogP contribution in [0.4, 0.5) is 16.2 Å². The van der Waals surface area contributed by atoms with Crippen LogP contribution in [0.2, 0.25) is 0 Å². The Kier molecular flexibility index (Phi) is 6.02. The maximum absolute atomic E-state index is 11.9. The van der Waals surface area contributed by atoms with Gasteiger partial charge in [0.25, 0.3) is 11.4 Å². The molecule has 1 aliphatic carbocycles. The first-order chi connectivity index (χ1) is 12.0. The summed E-state index contributed by atoms with van der Waals surface area (Å²) in [4.78, 5) is 23.7. The average Bonchev–Trinajstić information content (AvgIpc) is 2.59. The highest BCUT2D eigenvalue weighted by Crippen LogP contribution is 2.34. The van der Waals surface area contributed by atoms with E-state index < -0.39 is 6.09 Å². The Morgan fingerprint density at radius 1 is 1.32 bits per heavy atom. The van der Waals surface area contributed by atoms with Gasteiger partial charge in [0.2, 0.25) is 5.76 Å². The van der Waals surface area contributed by atoms with E-state index in [9.17, 15) is 9.90 Å². The second-order valence-corrected chi connectivity index (χ2v) is 5.33. The molecule has 1 aromatic carbocycles. The summed E-state index contributed by atoms with van der Waals surface area (Å²) in [6.07, 6.45) is 5.36. The number of carbonyl (C=O) groups is 1. The van der Waals surface area contributed by atoms with E-state index in [1.54, 1.807) is 38.4 Å². The smallest absolute Gasteiger partial charge is 0.414 e. The lowest BCUT2D eigenvalue weighted by Crippen LogP contribution is -2.28. The van der Waals surface area contributed by atoms with E-state index in [0.29, 0.717) is 29.3 Å². The van der Waals surface area contributed by atoms with E-state index in [-0.39, 0.29) is 5.75 Å². The van der Waals surface area contributed by atoms with Gasteiger partial charge >= 0.3 is 6.09 Å². The number of phenolic OH excluding ortho intramolecular Hbond substituents is 1. The number of nitrogens with zero attached hydrogens (tertiary/aromatic N) is 2. The fourth-order valence-electron chi connectivity index (χ4n) is 2.25. The number of amides is 1. The molecule has 0 aromatic heterocycles. The molecule has 0 saturated carbocycles. The number of nitrogens with one attached hydrogen (secondary N) is 1. The zero-order chi connectivity index (χ0) is 18.4. The largest absolute Gasteiger partial charge is 0.505 e. The Morgan fingerprint density at radius 2 is 2.08 bits per heavy atom. The van der Waals surface area contributed by atoms with Crippen LogP contribution in [0.25, 0.3) is 0 Å². The second kappa shape index (κ2) is 8.20. The van der Waals surface area contributed by atoms with Gasteiger partial charge < -0.3 is 14.7 Å². The molecule has 0 heterocycles. The van der Waals surface area contributed by atoms with Crippen molar-refractivity contribution in [3.63, 3.8) is 0 Å². The molecule has 134 valence electrons. The summed E-state index contributed by atoms with van der Waals surface area (Å²) >= 11 is 0. The van der Waals surface area contributed by atoms with Gasteiger partial charge in [-0.2, -0.15) is 0 Å². The van der Waals surface area contributed by atoms with Crippen LogP contribution in [0.1, 0.15) is 6.42 Å². The van der Waals surface area contributed by atoms with E-state index in [1.165, 1.54) is 29.9 Å². The van der Waals surface area contributed by atoms with Crippen LogP contribution in [0, 0.1) is 0 Å². The molecule has 25 heavy (non-hydrogen) atoms. The Hall–Kier alpha value is -3.00. The molecular formula is C17H22N3O5+. The van der Waals surface area contributed by atoms with Crippen LogP contribution in [0.15, 0.2) is 42.2 Å². The monoisotopic (exact) mass is 348 g/mol. The van der Waals surface area contributed by atoms with Gasteiger partial charge in [0, 0.05) is 24.9 Å². The number of rotatable bonds is 5. The van der Waals surface area contributed by atoms with E-state index in [1.807, 2.05) is 6.08 Å². The Balaban J connectivity index is 2.53. The van der Waals surface area contributed by atoms with Crippen LogP contribution >= 0.6 is 0 Å². The van der Waals surface area contributed by atoms with Crippen molar-refractivity contribution in [3.05, 3.63) is 42.2 Å². The number of allylic oxidation sites excluding steroid dienone is 4. The molecule has 0 aliphatic heterocycles. The van der Waals surface area contributed by atoms with Gasteiger partial charge in [-0.15, -0.1) is 0 Å². The molecule has 0 bridgehead atoms. The molecule has 0 spiro atoms. The van der Waals surface area contributed by atoms with Gasteiger partial charge in [-0.1, -0.05) is 18.2 Å². The molecule has 0 saturated heterocycles. The number of hydrogen-bond donors (Lipinski definition) is 2. The van der Waals surface area contributed by atoms with Crippen molar-refractivity contribution in [2.75, 3.05) is 33.8 Å². The lowest BCUT2D eigenvalue weighted by atomic mass is 10.1. The summed E-state index contributed by atoms with van der Waals surface area (Å²) in [6, 6.07) is 4.93. The third-order valence-corrected chi connectivity index (χ3v) is 3.41. The quantitative estimate of drug-likeness (QED) is 0.483. The normalized spacial score (nSPS) is 15.3. The number of carbonyl (C=O) groups excluding carboxylic acids is 1. The molecule has 2 rings (SSSR count). The molecule has 0 atom stereocenters. The summed E-state index contributed by atoms with van der Waals surface area (Å²) < 4.78 is 6.90. The van der Waals surface area contributed by atoms with Crippen molar-refractivity contribution < 1.29 is 29.1 Å². The highest BCUT2D eigenvalue weighted by molar-refractivity contribution is 5.99. The molecule has 1 aliphatic rings. The highest BCUT2D eigenvalue weighted by Gasteiger charge is 2.30. The Morgan fingerprint density at radius 3 is 2.72 bits per heavy atom. The van der Waals surface area contributed by atoms with Crippen molar-refractivity contribution in [3.8, 4) is 5.75 Å². The molecule has 8 heteroatoms. The minimum Gasteiger partial charge on any atom is -0.505 e. The van der Waals surface area contributed by atoms with Gasteiger partial charge in [0.05, 0.1) is 13.5 Å². The first-order valence-electron chi connectivity index (χ1n) is 7.57. The Labute approximate surface area is 146 Å². The molecule has 8 nitrogen and oxygen atoms in total. The predicted octanol–water partition coefficient (Wildman–Crippen LogP) is 2.55. The summed E-state index contributed by atoms with van der Waals surface area (Å²) in [5.41, 5.74) is 4.06. The average molecular weight is 348 g/mol. The number of hydrogen-bond acceptors (Lipinski definition) is 6. The standard InChI is InChI=1S/C17H21N3O5/c1-19(2)17(22)25-15-11-6-5-8-12(15)20(24-4)13-9-7-10-14(21)16(13)18-23-3/h5-7,9-11,18H,8H2,1-4H3/p+1/b20-12-. The van der Waals surface area contributed by atoms with E-state index >= 15 is 0 Å². The number of anilines is 1. The molecule has 1 amide bonds. The zero-order valence-corrected chi connectivity index (χ0v) is 14.6. The summed E-state index contributed by atoms with van der Waals surface area (Å²) in [7, 11) is 6.13. The fraction of sp³-hybridized carbons (Fsp3) is 0.294. The predicted molar refractivity (Wildman–Crippen MR) is 92.7 cm³/mol. The van der Waals surface area contributed by atoms with Crippen LogP contribution in [0.3, 0.4) is 0 Å². The third-order valence-electron chi connectivity index (χ3n) is 3.41. The summed E-state index contributed by atoms with van der Waals surface area (Å²) in [5, 5.41) is 10.1. The number of phenols is 1. The first kappa shape index (κ1) is 18.3. The first-order valence-corrected chi connectivity index (χ1v) is 7.57. The van der Waals surface area contributed by atoms with Gasteiger partial charge in [-0.3, -0.25) is 15.2 Å². The molecular weight excluding hydrogens is 326 g/mol. The van der Waals surface area contributed by atoms with Crippen LogP contribution < -0.4 is 5.48 Å². The van der Waals surface area contributed by atoms with Gasteiger partial charge in [0.1, 0.15) is 12.9 Å². The van der Waals surface area contributed by atoms with Crippen molar-refractivity contribution in [2.24, 2.45) is 0 Å². The number of ether oxygens (including phenoxy) is 1. The second-order valence-electron chi connectivity index (χ2n) is 5.33. The lowest BCUT2D eigenvalue weighted by molar-refractivity contribution is -0.720. The fourth-order valence-corrected chi connectivity index (χ4v) is 2.25. The SMILES string of the molecule is CONc1c(O)cccc1/[N+](OC)=C1\CC=CC=C1OC(=O)N(C)C. The number of benzene rings is 1. The molecule has 0 unspecified atom stereocenters. The van der Waals surface area contributed by atoms with Crippen molar-refractivity contribution in [1.82, 2.24) is 4.90 Å². The van der Waals surface area contributed by atoms with E-state index in [4.69, 9.17) is 14.4 Å². The van der Waals surface area contributed by atoms with Crippen LogP contribution in [-0.4, -0.2) is 54.9 Å². The lowest BCUT2D eigenvalue weighted by Gasteiger charge is -2.15. The minimum absolute atomic E-state index is 0.0100. The number of para-hydroxylation sites is 1. The maximum Gasteiger partial charge on any atom is 0.414 e. The molecule has 2 N–H and O–H groups in total. The minimum atomic E-state index is -0.499. The summed E-state index contributed by atoms with van der Waals surface area (Å²) in [5.74, 6) is 0.346. The molecule has 0 fully saturated rings. The van der Waals surface area contributed by atoms with Gasteiger partial charge in [0.15, 0.2) is 5.69 Å². The number of aromatic hydroxyl groups is 1. The van der Waals surface area contributed by atoms with Crippen molar-refractivity contribution in [1.29, 1.82) is 0 Å². The molecule has 0 radical (unpaired) electrons. The highest BCUT2D eigenvalue weighted by atomic mass is 16.7. The van der Waals surface area contributed by atoms with Crippen LogP contribution in [-0.2, 0) is 14.4 Å². The maximum atomic E-state index is 11.9.